The van der Waals surface area contributed by atoms with Gasteiger partial charge in [0.2, 0.25) is 0 Å². The number of hydrogen-bond acceptors (Lipinski definition) is 5. The van der Waals surface area contributed by atoms with Crippen molar-refractivity contribution in [3.05, 3.63) is 60.2 Å². The van der Waals surface area contributed by atoms with Crippen molar-refractivity contribution >= 4 is 17.5 Å². The van der Waals surface area contributed by atoms with E-state index in [-0.39, 0.29) is 5.78 Å². The summed E-state index contributed by atoms with van der Waals surface area (Å²) >= 11 is 1.43. The van der Waals surface area contributed by atoms with Crippen LogP contribution in [0.5, 0.6) is 5.75 Å². The van der Waals surface area contributed by atoms with Crippen LogP contribution < -0.4 is 4.74 Å². The van der Waals surface area contributed by atoms with Gasteiger partial charge >= 0.3 is 0 Å². The smallest absolute Gasteiger partial charge is 0.191 e. The van der Waals surface area contributed by atoms with Gasteiger partial charge in [-0.1, -0.05) is 42.1 Å². The molecule has 0 amide bonds. The molecule has 0 aliphatic carbocycles. The molecule has 0 bridgehead atoms. The minimum absolute atomic E-state index is 0.124. The second kappa shape index (κ2) is 8.67. The lowest BCUT2D eigenvalue weighted by Gasteiger charge is -2.10. The first kappa shape index (κ1) is 18.2. The van der Waals surface area contributed by atoms with Gasteiger partial charge < -0.3 is 9.30 Å². The molecular weight excluding hydrogens is 346 g/mol. The van der Waals surface area contributed by atoms with Crippen LogP contribution in [0.4, 0.5) is 0 Å². The molecule has 0 N–H and O–H groups in total. The molecule has 0 spiro atoms. The van der Waals surface area contributed by atoms with E-state index in [1.165, 1.54) is 17.3 Å². The minimum Gasteiger partial charge on any atom is -0.497 e. The summed E-state index contributed by atoms with van der Waals surface area (Å²) in [7, 11) is 1.65. The molecule has 0 aliphatic heterocycles. The summed E-state index contributed by atoms with van der Waals surface area (Å²) < 4.78 is 7.31. The molecule has 134 valence electrons. The van der Waals surface area contributed by atoms with Crippen LogP contribution in [0.25, 0.3) is 11.4 Å². The number of nitrogens with zero attached hydrogens (tertiary/aromatic N) is 3. The van der Waals surface area contributed by atoms with Crippen LogP contribution in [0, 0.1) is 0 Å². The van der Waals surface area contributed by atoms with Crippen LogP contribution in [0.15, 0.2) is 59.8 Å². The van der Waals surface area contributed by atoms with Crippen LogP contribution in [-0.4, -0.2) is 33.4 Å². The molecule has 0 saturated carbocycles. The fraction of sp³-hybridized carbons (Fsp3) is 0.250. The molecule has 0 fully saturated rings. The van der Waals surface area contributed by atoms with Crippen molar-refractivity contribution in [2.75, 3.05) is 12.9 Å². The Morgan fingerprint density at radius 1 is 1.08 bits per heavy atom. The Labute approximate surface area is 157 Å². The van der Waals surface area contributed by atoms with Gasteiger partial charge in [0.25, 0.3) is 0 Å². The van der Waals surface area contributed by atoms with E-state index in [2.05, 4.69) is 26.9 Å². The van der Waals surface area contributed by atoms with Crippen molar-refractivity contribution in [2.24, 2.45) is 0 Å². The highest BCUT2D eigenvalue weighted by Crippen LogP contribution is 2.26. The summed E-state index contributed by atoms with van der Waals surface area (Å²) in [5.41, 5.74) is 2.23. The number of carbonyl (C=O) groups is 1. The van der Waals surface area contributed by atoms with Gasteiger partial charge in [-0.15, -0.1) is 10.2 Å². The van der Waals surface area contributed by atoms with Crippen molar-refractivity contribution in [1.29, 1.82) is 0 Å². The number of rotatable bonds is 8. The maximum Gasteiger partial charge on any atom is 0.191 e. The second-order valence-corrected chi connectivity index (χ2v) is 6.86. The molecule has 2 aromatic carbocycles. The van der Waals surface area contributed by atoms with Gasteiger partial charge in [0.15, 0.2) is 11.0 Å². The highest BCUT2D eigenvalue weighted by molar-refractivity contribution is 7.99. The quantitative estimate of drug-likeness (QED) is 0.566. The summed E-state index contributed by atoms with van der Waals surface area (Å²) in [4.78, 5) is 11.4. The number of ketones is 1. The maximum atomic E-state index is 11.4. The molecule has 26 heavy (non-hydrogen) atoms. The van der Waals surface area contributed by atoms with Crippen LogP contribution in [0.1, 0.15) is 12.5 Å². The topological polar surface area (TPSA) is 57.0 Å². The number of ether oxygens (including phenoxy) is 1. The fourth-order valence-corrected chi connectivity index (χ4v) is 3.37. The van der Waals surface area contributed by atoms with E-state index in [9.17, 15) is 4.79 Å². The number of benzene rings is 2. The SMILES string of the molecule is COc1ccc(-c2nnc(SCC(C)=O)n2CCc2ccccc2)cc1. The third kappa shape index (κ3) is 4.52. The van der Waals surface area contributed by atoms with E-state index in [4.69, 9.17) is 4.74 Å². The lowest BCUT2D eigenvalue weighted by atomic mass is 10.1. The summed E-state index contributed by atoms with van der Waals surface area (Å²) in [6, 6.07) is 18.1. The maximum absolute atomic E-state index is 11.4. The van der Waals surface area contributed by atoms with Gasteiger partial charge in [0, 0.05) is 12.1 Å². The normalized spacial score (nSPS) is 10.7. The molecule has 3 rings (SSSR count). The first-order valence-electron chi connectivity index (χ1n) is 8.41. The summed E-state index contributed by atoms with van der Waals surface area (Å²) in [6.45, 7) is 2.33. The average Bonchev–Trinajstić information content (AvgIpc) is 3.08. The van der Waals surface area contributed by atoms with E-state index < -0.39 is 0 Å². The zero-order chi connectivity index (χ0) is 18.4. The number of carbonyl (C=O) groups excluding carboxylic acids is 1. The predicted molar refractivity (Wildman–Crippen MR) is 104 cm³/mol. The second-order valence-electron chi connectivity index (χ2n) is 5.91. The third-order valence-electron chi connectivity index (χ3n) is 3.94. The standard InChI is InChI=1S/C20H21N3O2S/c1-15(24)14-26-20-22-21-19(17-8-10-18(25-2)11-9-17)23(20)13-12-16-6-4-3-5-7-16/h3-11H,12-14H2,1-2H3. The molecule has 1 heterocycles. The number of aryl methyl sites for hydroxylation is 1. The summed E-state index contributed by atoms with van der Waals surface area (Å²) in [5.74, 6) is 2.12. The Balaban J connectivity index is 1.88. The Hall–Kier alpha value is -2.60. The van der Waals surface area contributed by atoms with Crippen LogP contribution in [0.3, 0.4) is 0 Å². The van der Waals surface area contributed by atoms with Gasteiger partial charge in [-0.05, 0) is 43.2 Å². The predicted octanol–water partition coefficient (Wildman–Crippen LogP) is 3.88. The Kier molecular flexibility index (Phi) is 6.07. The number of thioether (sulfide) groups is 1. The fourth-order valence-electron chi connectivity index (χ4n) is 2.60. The molecule has 0 atom stereocenters. The number of aromatic nitrogens is 3. The van der Waals surface area contributed by atoms with Gasteiger partial charge in [-0.2, -0.15) is 0 Å². The summed E-state index contributed by atoms with van der Waals surface area (Å²) in [6.07, 6.45) is 0.871. The Bertz CT molecular complexity index is 861. The third-order valence-corrected chi connectivity index (χ3v) is 5.05. The van der Waals surface area contributed by atoms with Crippen molar-refractivity contribution in [1.82, 2.24) is 14.8 Å². The highest BCUT2D eigenvalue weighted by atomic mass is 32.2. The zero-order valence-electron chi connectivity index (χ0n) is 14.9. The molecule has 0 aliphatic rings. The van der Waals surface area contributed by atoms with Gasteiger partial charge in [-0.25, -0.2) is 0 Å². The zero-order valence-corrected chi connectivity index (χ0v) is 15.7. The molecule has 5 nitrogen and oxygen atoms in total. The van der Waals surface area contributed by atoms with Crippen molar-refractivity contribution in [2.45, 2.75) is 25.0 Å². The first-order chi connectivity index (χ1) is 12.7. The van der Waals surface area contributed by atoms with E-state index in [1.807, 2.05) is 42.5 Å². The van der Waals surface area contributed by atoms with E-state index in [0.717, 1.165) is 35.3 Å². The lowest BCUT2D eigenvalue weighted by Crippen LogP contribution is -2.06. The van der Waals surface area contributed by atoms with Crippen LogP contribution in [0.2, 0.25) is 0 Å². The number of Topliss-reactive ketones (excluding diaryl/α,β-unsaturated/α-hetero) is 1. The van der Waals surface area contributed by atoms with E-state index >= 15 is 0 Å². The molecule has 3 aromatic rings. The van der Waals surface area contributed by atoms with Crippen molar-refractivity contribution < 1.29 is 9.53 Å². The molecule has 0 radical (unpaired) electrons. The van der Waals surface area contributed by atoms with Crippen LogP contribution >= 0.6 is 11.8 Å². The largest absolute Gasteiger partial charge is 0.497 e. The van der Waals surface area contributed by atoms with Gasteiger partial charge in [-0.3, -0.25) is 4.79 Å². The Morgan fingerprint density at radius 2 is 1.81 bits per heavy atom. The molecular formula is C20H21N3O2S. The first-order valence-corrected chi connectivity index (χ1v) is 9.39. The molecule has 1 aromatic heterocycles. The van der Waals surface area contributed by atoms with Crippen LogP contribution in [-0.2, 0) is 17.8 Å². The number of hydrogen-bond donors (Lipinski definition) is 0. The van der Waals surface area contributed by atoms with E-state index in [1.54, 1.807) is 14.0 Å². The minimum atomic E-state index is 0.124. The van der Waals surface area contributed by atoms with Crippen molar-refractivity contribution in [3.63, 3.8) is 0 Å². The van der Waals surface area contributed by atoms with E-state index in [0.29, 0.717) is 5.75 Å². The monoisotopic (exact) mass is 367 g/mol. The Morgan fingerprint density at radius 3 is 2.46 bits per heavy atom. The van der Waals surface area contributed by atoms with Gasteiger partial charge in [0.1, 0.15) is 11.5 Å². The average molecular weight is 367 g/mol. The highest BCUT2D eigenvalue weighted by Gasteiger charge is 2.15. The molecule has 0 saturated heterocycles. The number of methoxy groups -OCH3 is 1. The lowest BCUT2D eigenvalue weighted by molar-refractivity contribution is -0.114. The van der Waals surface area contributed by atoms with Gasteiger partial charge in [0.05, 0.1) is 12.9 Å². The van der Waals surface area contributed by atoms with Crippen molar-refractivity contribution in [3.8, 4) is 17.1 Å². The summed E-state index contributed by atoms with van der Waals surface area (Å²) in [5, 5.41) is 9.45. The molecule has 0 unspecified atom stereocenters. The molecule has 6 heteroatoms.